The summed E-state index contributed by atoms with van der Waals surface area (Å²) in [5.74, 6) is -0.934. The third-order valence-electron chi connectivity index (χ3n) is 14.0. The van der Waals surface area contributed by atoms with E-state index >= 15 is 0 Å². The molecule has 0 amide bonds. The van der Waals surface area contributed by atoms with Crippen LogP contribution in [0.25, 0.3) is 0 Å². The van der Waals surface area contributed by atoms with Crippen molar-refractivity contribution >= 4 is 17.9 Å². The Labute approximate surface area is 511 Å². The topological polar surface area (TPSA) is 78.9 Å². The lowest BCUT2D eigenvalue weighted by Gasteiger charge is -2.18. The van der Waals surface area contributed by atoms with E-state index in [1.807, 2.05) is 0 Å². The molecule has 0 fully saturated rings. The normalized spacial score (nSPS) is 13.1. The van der Waals surface area contributed by atoms with Crippen LogP contribution in [0.1, 0.15) is 290 Å². The summed E-state index contributed by atoms with van der Waals surface area (Å²) in [6.45, 7) is 6.35. The van der Waals surface area contributed by atoms with E-state index in [0.717, 1.165) is 161 Å². The van der Waals surface area contributed by atoms with Gasteiger partial charge in [-0.15, -0.1) is 0 Å². The van der Waals surface area contributed by atoms with Crippen molar-refractivity contribution < 1.29 is 28.6 Å². The van der Waals surface area contributed by atoms with E-state index < -0.39 is 6.10 Å². The number of rotatable bonds is 60. The molecule has 6 heteroatoms. The molecule has 0 spiro atoms. The third-order valence-corrected chi connectivity index (χ3v) is 14.0. The van der Waals surface area contributed by atoms with E-state index in [9.17, 15) is 14.4 Å². The van der Waals surface area contributed by atoms with Crippen molar-refractivity contribution in [3.8, 4) is 0 Å². The minimum absolute atomic E-state index is 0.0970. The van der Waals surface area contributed by atoms with Gasteiger partial charge < -0.3 is 14.2 Å². The molecule has 0 N–H and O–H groups in total. The molecule has 0 rings (SSSR count). The van der Waals surface area contributed by atoms with E-state index in [4.69, 9.17) is 14.2 Å². The second-order valence-electron chi connectivity index (χ2n) is 22.0. The van der Waals surface area contributed by atoms with Crippen LogP contribution >= 0.6 is 0 Å². The highest BCUT2D eigenvalue weighted by Gasteiger charge is 2.19. The number of carbonyl (C=O) groups is 3. The molecule has 0 aliphatic heterocycles. The minimum atomic E-state index is -0.803. The zero-order valence-corrected chi connectivity index (χ0v) is 53.7. The van der Waals surface area contributed by atoms with Gasteiger partial charge >= 0.3 is 17.9 Å². The van der Waals surface area contributed by atoms with Crippen molar-refractivity contribution in [2.45, 2.75) is 297 Å². The predicted molar refractivity (Wildman–Crippen MR) is 362 cm³/mol. The van der Waals surface area contributed by atoms with Crippen molar-refractivity contribution in [2.75, 3.05) is 13.2 Å². The van der Waals surface area contributed by atoms with Crippen LogP contribution in [-0.4, -0.2) is 37.2 Å². The summed E-state index contributed by atoms with van der Waals surface area (Å²) >= 11 is 0. The van der Waals surface area contributed by atoms with Crippen LogP contribution < -0.4 is 0 Å². The Balaban J connectivity index is 4.31. The molecule has 1 unspecified atom stereocenters. The molecule has 0 aliphatic carbocycles. The van der Waals surface area contributed by atoms with Crippen LogP contribution in [0.2, 0.25) is 0 Å². The number of esters is 3. The van der Waals surface area contributed by atoms with E-state index in [1.54, 1.807) is 0 Å². The highest BCUT2D eigenvalue weighted by Crippen LogP contribution is 2.15. The number of hydrogen-bond donors (Lipinski definition) is 0. The van der Waals surface area contributed by atoms with Gasteiger partial charge in [0.25, 0.3) is 0 Å². The summed E-state index contributed by atoms with van der Waals surface area (Å²) in [7, 11) is 0. The molecule has 1 atom stereocenters. The average Bonchev–Trinajstić information content (AvgIpc) is 3.48. The molecule has 468 valence electrons. The van der Waals surface area contributed by atoms with Gasteiger partial charge in [0.05, 0.1) is 0 Å². The van der Waals surface area contributed by atoms with Crippen molar-refractivity contribution in [1.29, 1.82) is 0 Å². The molecule has 0 aromatic heterocycles. The lowest BCUT2D eigenvalue weighted by molar-refractivity contribution is -0.167. The Morgan fingerprint density at radius 2 is 0.470 bits per heavy atom. The zero-order valence-electron chi connectivity index (χ0n) is 53.7. The smallest absolute Gasteiger partial charge is 0.306 e. The molecular formula is C77H124O6. The maximum atomic E-state index is 12.9. The SMILES string of the molecule is CC/C=C\C/C=C\C/C=C\C/C=C\C/C=C\C/C=C\CCCCCCCCCCCCCCC(=O)OCC(COC(=O)CCCCCCC/C=C\CCCC)OC(=O)CCCCCC/C=C\C/C=C\C/C=C\C/C=C\C/C=C\C/C=C\CC. The number of hydrogen-bond acceptors (Lipinski definition) is 6. The Morgan fingerprint density at radius 1 is 0.253 bits per heavy atom. The van der Waals surface area contributed by atoms with Crippen molar-refractivity contribution in [3.63, 3.8) is 0 Å². The molecular weight excluding hydrogens is 1020 g/mol. The lowest BCUT2D eigenvalue weighted by atomic mass is 10.0. The Morgan fingerprint density at radius 3 is 0.747 bits per heavy atom. The summed E-state index contributed by atoms with van der Waals surface area (Å²) in [4.78, 5) is 38.3. The number of ether oxygens (including phenoxy) is 3. The van der Waals surface area contributed by atoms with E-state index in [0.29, 0.717) is 19.3 Å². The van der Waals surface area contributed by atoms with Gasteiger partial charge in [0.1, 0.15) is 13.2 Å². The average molecular weight is 1150 g/mol. The van der Waals surface area contributed by atoms with E-state index in [-0.39, 0.29) is 31.1 Å². The first-order valence-electron chi connectivity index (χ1n) is 34.0. The second-order valence-corrected chi connectivity index (χ2v) is 22.0. The van der Waals surface area contributed by atoms with Gasteiger partial charge in [0.15, 0.2) is 6.10 Å². The summed E-state index contributed by atoms with van der Waals surface area (Å²) in [6.07, 6.45) is 101. The molecule has 0 aromatic rings. The third kappa shape index (κ3) is 67.7. The first kappa shape index (κ1) is 78.0. The second kappa shape index (κ2) is 69.5. The van der Waals surface area contributed by atoms with Crippen LogP contribution in [0.5, 0.6) is 0 Å². The molecule has 0 aliphatic rings. The Bertz CT molecular complexity index is 1840. The molecule has 0 saturated carbocycles. The molecule has 0 bridgehead atoms. The van der Waals surface area contributed by atoms with Gasteiger partial charge in [-0.2, -0.15) is 0 Å². The van der Waals surface area contributed by atoms with Gasteiger partial charge in [-0.05, 0) is 141 Å². The monoisotopic (exact) mass is 1140 g/mol. The van der Waals surface area contributed by atoms with E-state index in [1.165, 1.54) is 89.9 Å². The van der Waals surface area contributed by atoms with Gasteiger partial charge in [0, 0.05) is 19.3 Å². The molecule has 0 radical (unpaired) electrons. The molecule has 0 aromatic carbocycles. The van der Waals surface area contributed by atoms with Crippen LogP contribution in [0.3, 0.4) is 0 Å². The highest BCUT2D eigenvalue weighted by molar-refractivity contribution is 5.71. The number of unbranched alkanes of at least 4 members (excludes halogenated alkanes) is 23. The standard InChI is InChI=1S/C77H124O6/c1-4-7-10-13-16-19-22-24-26-28-30-32-34-35-36-37-38-39-40-41-43-44-46-48-50-52-55-58-61-64-67-70-76(79)82-73-74(72-81-75(78)69-66-63-60-57-54-21-18-15-12-9-6-3)83-77(80)71-68-65-62-59-56-53-51-49-47-45-42-33-31-29-27-25-23-20-17-14-11-8-5-2/h7-8,10-11,15-20,24-27,30-33,35-36,38-39,45,47,51,53,74H,4-6,9,12-14,21-23,28-29,34,37,40-44,46,48-50,52,54-73H2,1-3H3/b10-7-,11-8-,18-15-,19-16-,20-17-,26-24-,27-25-,32-30-,33-31-,36-35-,39-38-,47-45-,53-51-. The fourth-order valence-corrected chi connectivity index (χ4v) is 8.96. The summed E-state index contributed by atoms with van der Waals surface area (Å²) in [5, 5.41) is 0. The first-order valence-corrected chi connectivity index (χ1v) is 34.0. The minimum Gasteiger partial charge on any atom is -0.462 e. The molecule has 0 heterocycles. The Kier molecular flexibility index (Phi) is 65.4. The first-order chi connectivity index (χ1) is 41.0. The van der Waals surface area contributed by atoms with Gasteiger partial charge in [0.2, 0.25) is 0 Å². The van der Waals surface area contributed by atoms with Crippen LogP contribution in [-0.2, 0) is 28.6 Å². The fourth-order valence-electron chi connectivity index (χ4n) is 8.96. The lowest BCUT2D eigenvalue weighted by Crippen LogP contribution is -2.30. The summed E-state index contributed by atoms with van der Waals surface area (Å²) in [6, 6.07) is 0. The van der Waals surface area contributed by atoms with Crippen LogP contribution in [0.15, 0.2) is 158 Å². The predicted octanol–water partition coefficient (Wildman–Crippen LogP) is 23.7. The largest absolute Gasteiger partial charge is 0.462 e. The van der Waals surface area contributed by atoms with Crippen LogP contribution in [0.4, 0.5) is 0 Å². The molecule has 6 nitrogen and oxygen atoms in total. The van der Waals surface area contributed by atoms with Crippen molar-refractivity contribution in [3.05, 3.63) is 158 Å². The molecule has 83 heavy (non-hydrogen) atoms. The summed E-state index contributed by atoms with van der Waals surface area (Å²) in [5.41, 5.74) is 0. The van der Waals surface area contributed by atoms with Crippen molar-refractivity contribution in [1.82, 2.24) is 0 Å². The van der Waals surface area contributed by atoms with Crippen LogP contribution in [0, 0.1) is 0 Å². The number of carbonyl (C=O) groups excluding carboxylic acids is 3. The Hall–Kier alpha value is -4.97. The fraction of sp³-hybridized carbons (Fsp3) is 0.623. The summed E-state index contributed by atoms with van der Waals surface area (Å²) < 4.78 is 16.9. The van der Waals surface area contributed by atoms with E-state index in [2.05, 4.69) is 179 Å². The zero-order chi connectivity index (χ0) is 59.9. The van der Waals surface area contributed by atoms with Gasteiger partial charge in [-0.1, -0.05) is 288 Å². The maximum Gasteiger partial charge on any atom is 0.306 e. The maximum absolute atomic E-state index is 12.9. The quantitative estimate of drug-likeness (QED) is 0.0261. The van der Waals surface area contributed by atoms with Gasteiger partial charge in [-0.25, -0.2) is 0 Å². The number of allylic oxidation sites excluding steroid dienone is 26. The molecule has 0 saturated heterocycles. The van der Waals surface area contributed by atoms with Gasteiger partial charge in [-0.3, -0.25) is 14.4 Å². The highest BCUT2D eigenvalue weighted by atomic mass is 16.6. The van der Waals surface area contributed by atoms with Crippen molar-refractivity contribution in [2.24, 2.45) is 0 Å².